The van der Waals surface area contributed by atoms with E-state index in [4.69, 9.17) is 10.2 Å². The van der Waals surface area contributed by atoms with Crippen LogP contribution in [0, 0.1) is 0 Å². The monoisotopic (exact) mass is 196 g/mol. The summed E-state index contributed by atoms with van der Waals surface area (Å²) in [7, 11) is 0. The molecule has 0 spiro atoms. The molecular weight excluding hydrogens is 180 g/mol. The number of carbonyl (C=O) groups is 1. The Hall–Kier alpha value is -1.29. The van der Waals surface area contributed by atoms with Crippen LogP contribution in [-0.4, -0.2) is 23.4 Å². The summed E-state index contributed by atoms with van der Waals surface area (Å²) in [6, 6.07) is 3.79. The fraction of sp³-hybridized carbons (Fsp3) is 0.500. The minimum absolute atomic E-state index is 0.0406. The van der Waals surface area contributed by atoms with Crippen LogP contribution in [0.15, 0.2) is 22.8 Å². The third kappa shape index (κ3) is 2.60. The highest BCUT2D eigenvalue weighted by Crippen LogP contribution is 2.08. The summed E-state index contributed by atoms with van der Waals surface area (Å²) in [5, 5.41) is 0. The van der Waals surface area contributed by atoms with Crippen LogP contribution in [0.1, 0.15) is 19.6 Å². The fourth-order valence-corrected chi connectivity index (χ4v) is 1.25. The normalized spacial score (nSPS) is 10.6. The Kier molecular flexibility index (Phi) is 3.71. The van der Waals surface area contributed by atoms with E-state index in [1.54, 1.807) is 17.2 Å². The van der Waals surface area contributed by atoms with Gasteiger partial charge < -0.3 is 15.1 Å². The van der Waals surface area contributed by atoms with Gasteiger partial charge in [0, 0.05) is 6.04 Å². The average Bonchev–Trinajstić information content (AvgIpc) is 2.65. The molecule has 0 aliphatic rings. The molecule has 14 heavy (non-hydrogen) atoms. The molecule has 0 fully saturated rings. The first kappa shape index (κ1) is 10.8. The van der Waals surface area contributed by atoms with Crippen LogP contribution in [0.25, 0.3) is 0 Å². The Bertz CT molecular complexity index is 280. The molecule has 2 N–H and O–H groups in total. The molecule has 78 valence electrons. The number of hydrogen-bond acceptors (Lipinski definition) is 3. The van der Waals surface area contributed by atoms with Gasteiger partial charge in [-0.2, -0.15) is 0 Å². The molecule has 0 saturated carbocycles. The van der Waals surface area contributed by atoms with E-state index in [0.717, 1.165) is 5.76 Å². The van der Waals surface area contributed by atoms with Crippen molar-refractivity contribution in [3.63, 3.8) is 0 Å². The topological polar surface area (TPSA) is 59.5 Å². The zero-order chi connectivity index (χ0) is 10.6. The second kappa shape index (κ2) is 4.81. The van der Waals surface area contributed by atoms with Crippen molar-refractivity contribution >= 4 is 5.91 Å². The van der Waals surface area contributed by atoms with Gasteiger partial charge in [-0.15, -0.1) is 0 Å². The van der Waals surface area contributed by atoms with E-state index in [0.29, 0.717) is 6.54 Å². The molecule has 1 amide bonds. The Morgan fingerprint density at radius 2 is 2.36 bits per heavy atom. The smallest absolute Gasteiger partial charge is 0.236 e. The van der Waals surface area contributed by atoms with Crippen LogP contribution >= 0.6 is 0 Å². The predicted molar refractivity (Wildman–Crippen MR) is 53.4 cm³/mol. The van der Waals surface area contributed by atoms with E-state index in [2.05, 4.69) is 0 Å². The highest BCUT2D eigenvalue weighted by Gasteiger charge is 2.16. The maximum Gasteiger partial charge on any atom is 0.236 e. The highest BCUT2D eigenvalue weighted by molar-refractivity contribution is 5.78. The highest BCUT2D eigenvalue weighted by atomic mass is 16.3. The van der Waals surface area contributed by atoms with Gasteiger partial charge in [0.15, 0.2) is 0 Å². The minimum Gasteiger partial charge on any atom is -0.467 e. The average molecular weight is 196 g/mol. The lowest BCUT2D eigenvalue weighted by Gasteiger charge is -2.25. The molecule has 0 aliphatic carbocycles. The van der Waals surface area contributed by atoms with Crippen molar-refractivity contribution in [2.24, 2.45) is 5.73 Å². The quantitative estimate of drug-likeness (QED) is 0.780. The van der Waals surface area contributed by atoms with Crippen molar-refractivity contribution in [2.75, 3.05) is 6.54 Å². The van der Waals surface area contributed by atoms with Crippen LogP contribution in [-0.2, 0) is 11.3 Å². The predicted octanol–water partition coefficient (Wildman–Crippen LogP) is 0.975. The molecule has 0 aliphatic heterocycles. The maximum atomic E-state index is 11.4. The molecule has 1 aromatic heterocycles. The van der Waals surface area contributed by atoms with E-state index in [1.165, 1.54) is 0 Å². The van der Waals surface area contributed by atoms with Crippen LogP contribution in [0.2, 0.25) is 0 Å². The summed E-state index contributed by atoms with van der Waals surface area (Å²) < 4.78 is 5.17. The molecule has 4 heteroatoms. The number of nitrogens with zero attached hydrogens (tertiary/aromatic N) is 1. The van der Waals surface area contributed by atoms with E-state index in [9.17, 15) is 4.79 Å². The second-order valence-corrected chi connectivity index (χ2v) is 3.40. The van der Waals surface area contributed by atoms with E-state index < -0.39 is 0 Å². The molecule has 1 heterocycles. The molecule has 0 unspecified atom stereocenters. The second-order valence-electron chi connectivity index (χ2n) is 3.40. The summed E-state index contributed by atoms with van der Waals surface area (Å²) in [5.41, 5.74) is 5.32. The van der Waals surface area contributed by atoms with Gasteiger partial charge in [0.2, 0.25) is 5.91 Å². The van der Waals surface area contributed by atoms with Gasteiger partial charge in [0.05, 0.1) is 19.4 Å². The lowest BCUT2D eigenvalue weighted by Crippen LogP contribution is -2.40. The Morgan fingerprint density at radius 3 is 2.79 bits per heavy atom. The van der Waals surface area contributed by atoms with E-state index >= 15 is 0 Å². The summed E-state index contributed by atoms with van der Waals surface area (Å²) in [4.78, 5) is 13.1. The lowest BCUT2D eigenvalue weighted by molar-refractivity contribution is -0.132. The molecular formula is C10H16N2O2. The van der Waals surface area contributed by atoms with Crippen LogP contribution < -0.4 is 5.73 Å². The van der Waals surface area contributed by atoms with Gasteiger partial charge in [-0.25, -0.2) is 0 Å². The number of amides is 1. The van der Waals surface area contributed by atoms with Crippen molar-refractivity contribution < 1.29 is 9.21 Å². The van der Waals surface area contributed by atoms with Gasteiger partial charge in [0.1, 0.15) is 5.76 Å². The zero-order valence-electron chi connectivity index (χ0n) is 8.56. The number of carbonyl (C=O) groups excluding carboxylic acids is 1. The standard InChI is InChI=1S/C10H16N2O2/c1-8(2)12(10(13)6-11)7-9-4-3-5-14-9/h3-5,8H,6-7,11H2,1-2H3. The molecule has 4 nitrogen and oxygen atoms in total. The number of rotatable bonds is 4. The number of furan rings is 1. The Balaban J connectivity index is 2.65. The summed E-state index contributed by atoms with van der Waals surface area (Å²) in [6.45, 7) is 4.44. The molecule has 0 aromatic carbocycles. The third-order valence-corrected chi connectivity index (χ3v) is 2.02. The van der Waals surface area contributed by atoms with Crippen molar-refractivity contribution in [2.45, 2.75) is 26.4 Å². The van der Waals surface area contributed by atoms with Gasteiger partial charge in [0.25, 0.3) is 0 Å². The Morgan fingerprint density at radius 1 is 1.64 bits per heavy atom. The first-order valence-corrected chi connectivity index (χ1v) is 4.67. The van der Waals surface area contributed by atoms with Crippen LogP contribution in [0.3, 0.4) is 0 Å². The molecule has 1 rings (SSSR count). The van der Waals surface area contributed by atoms with Crippen molar-refractivity contribution in [1.29, 1.82) is 0 Å². The van der Waals surface area contributed by atoms with Gasteiger partial charge >= 0.3 is 0 Å². The van der Waals surface area contributed by atoms with Crippen molar-refractivity contribution in [3.05, 3.63) is 24.2 Å². The zero-order valence-corrected chi connectivity index (χ0v) is 8.56. The first-order chi connectivity index (χ1) is 6.65. The van der Waals surface area contributed by atoms with E-state index in [1.807, 2.05) is 19.9 Å². The van der Waals surface area contributed by atoms with Gasteiger partial charge in [-0.3, -0.25) is 4.79 Å². The van der Waals surface area contributed by atoms with Crippen LogP contribution in [0.5, 0.6) is 0 Å². The number of nitrogens with two attached hydrogens (primary N) is 1. The van der Waals surface area contributed by atoms with Crippen LogP contribution in [0.4, 0.5) is 0 Å². The molecule has 0 bridgehead atoms. The van der Waals surface area contributed by atoms with Crippen molar-refractivity contribution in [1.82, 2.24) is 4.90 Å². The SMILES string of the molecule is CC(C)N(Cc1ccco1)C(=O)CN. The largest absolute Gasteiger partial charge is 0.467 e. The minimum atomic E-state index is -0.0589. The summed E-state index contributed by atoms with van der Waals surface area (Å²) in [6.07, 6.45) is 1.60. The summed E-state index contributed by atoms with van der Waals surface area (Å²) in [5.74, 6) is 0.719. The van der Waals surface area contributed by atoms with Crippen molar-refractivity contribution in [3.8, 4) is 0 Å². The first-order valence-electron chi connectivity index (χ1n) is 4.67. The van der Waals surface area contributed by atoms with Gasteiger partial charge in [-0.05, 0) is 26.0 Å². The third-order valence-electron chi connectivity index (χ3n) is 2.02. The lowest BCUT2D eigenvalue weighted by atomic mass is 10.3. The molecule has 0 atom stereocenters. The number of hydrogen-bond donors (Lipinski definition) is 1. The van der Waals surface area contributed by atoms with Gasteiger partial charge in [-0.1, -0.05) is 0 Å². The Labute approximate surface area is 83.7 Å². The molecule has 0 radical (unpaired) electrons. The fourth-order valence-electron chi connectivity index (χ4n) is 1.25. The maximum absolute atomic E-state index is 11.4. The molecule has 0 saturated heterocycles. The van der Waals surface area contributed by atoms with E-state index in [-0.39, 0.29) is 18.5 Å². The summed E-state index contributed by atoms with van der Waals surface area (Å²) >= 11 is 0. The molecule has 1 aromatic rings.